The van der Waals surface area contributed by atoms with Gasteiger partial charge in [-0.2, -0.15) is 0 Å². The minimum atomic E-state index is 0.588. The van der Waals surface area contributed by atoms with Crippen LogP contribution in [0.4, 0.5) is 0 Å². The summed E-state index contributed by atoms with van der Waals surface area (Å²) in [7, 11) is 0. The summed E-state index contributed by atoms with van der Waals surface area (Å²) in [6, 6.07) is 19.6. The van der Waals surface area contributed by atoms with Crippen LogP contribution in [0.5, 0.6) is 11.5 Å². The summed E-state index contributed by atoms with van der Waals surface area (Å²) in [4.78, 5) is 7.30. The Bertz CT molecular complexity index is 1080. The molecule has 0 atom stereocenters. The van der Waals surface area contributed by atoms with Gasteiger partial charge in [-0.25, -0.2) is 4.98 Å². The van der Waals surface area contributed by atoms with Crippen molar-refractivity contribution >= 4 is 34.2 Å². The van der Waals surface area contributed by atoms with Crippen LogP contribution in [0.15, 0.2) is 67.0 Å². The zero-order valence-corrected chi connectivity index (χ0v) is 16.6. The Labute approximate surface area is 173 Å². The van der Waals surface area contributed by atoms with Crippen molar-refractivity contribution in [2.75, 3.05) is 6.54 Å². The molecule has 1 aromatic heterocycles. The molecule has 28 heavy (non-hydrogen) atoms. The van der Waals surface area contributed by atoms with E-state index in [1.54, 1.807) is 6.33 Å². The van der Waals surface area contributed by atoms with E-state index in [0.29, 0.717) is 10.0 Å². The number of imidazole rings is 1. The second-order valence-corrected chi connectivity index (χ2v) is 7.32. The predicted octanol–water partition coefficient (Wildman–Crippen LogP) is 5.99. The molecule has 6 heteroatoms. The van der Waals surface area contributed by atoms with Gasteiger partial charge in [-0.1, -0.05) is 41.4 Å². The zero-order valence-electron chi connectivity index (χ0n) is 15.1. The van der Waals surface area contributed by atoms with Crippen molar-refractivity contribution in [1.29, 1.82) is 0 Å². The molecule has 0 radical (unpaired) electrons. The van der Waals surface area contributed by atoms with Crippen LogP contribution in [0.25, 0.3) is 11.0 Å². The molecular weight excluding hydrogens is 393 g/mol. The van der Waals surface area contributed by atoms with E-state index in [9.17, 15) is 0 Å². The van der Waals surface area contributed by atoms with E-state index in [0.717, 1.165) is 42.0 Å². The van der Waals surface area contributed by atoms with E-state index in [-0.39, 0.29) is 0 Å². The van der Waals surface area contributed by atoms with Gasteiger partial charge in [-0.05, 0) is 60.5 Å². The summed E-state index contributed by atoms with van der Waals surface area (Å²) >= 11 is 12.0. The lowest BCUT2D eigenvalue weighted by atomic mass is 10.1. The highest BCUT2D eigenvalue weighted by Crippen LogP contribution is 2.25. The minimum Gasteiger partial charge on any atom is -0.457 e. The van der Waals surface area contributed by atoms with E-state index >= 15 is 0 Å². The molecule has 0 bridgehead atoms. The highest BCUT2D eigenvalue weighted by Gasteiger charge is 2.02. The van der Waals surface area contributed by atoms with Crippen molar-refractivity contribution in [2.45, 2.75) is 13.0 Å². The lowest BCUT2D eigenvalue weighted by molar-refractivity contribution is 0.483. The van der Waals surface area contributed by atoms with Crippen molar-refractivity contribution in [2.24, 2.45) is 0 Å². The number of fused-ring (bicyclic) bond motifs is 1. The first-order valence-corrected chi connectivity index (χ1v) is 9.77. The molecule has 0 aliphatic heterocycles. The highest BCUT2D eigenvalue weighted by atomic mass is 35.5. The predicted molar refractivity (Wildman–Crippen MR) is 114 cm³/mol. The number of benzene rings is 3. The molecule has 0 spiro atoms. The number of nitrogens with zero attached hydrogens (tertiary/aromatic N) is 1. The molecule has 4 aromatic rings. The van der Waals surface area contributed by atoms with Gasteiger partial charge >= 0.3 is 0 Å². The molecule has 0 saturated heterocycles. The molecule has 4 nitrogen and oxygen atoms in total. The molecule has 0 aliphatic rings. The van der Waals surface area contributed by atoms with Crippen LogP contribution >= 0.6 is 23.2 Å². The van der Waals surface area contributed by atoms with Gasteiger partial charge in [-0.3, -0.25) is 0 Å². The first-order chi connectivity index (χ1) is 13.7. The van der Waals surface area contributed by atoms with Crippen molar-refractivity contribution in [3.63, 3.8) is 0 Å². The second kappa shape index (κ2) is 8.65. The number of hydrogen-bond acceptors (Lipinski definition) is 3. The number of H-pyrrole nitrogens is 1. The molecule has 0 aliphatic carbocycles. The van der Waals surface area contributed by atoms with Crippen molar-refractivity contribution in [3.8, 4) is 11.5 Å². The van der Waals surface area contributed by atoms with Crippen LogP contribution < -0.4 is 10.1 Å². The smallest absolute Gasteiger partial charge is 0.129 e. The van der Waals surface area contributed by atoms with Crippen molar-refractivity contribution in [1.82, 2.24) is 15.3 Å². The Balaban J connectivity index is 1.27. The van der Waals surface area contributed by atoms with E-state index in [1.807, 2.05) is 48.5 Å². The Kier molecular flexibility index (Phi) is 5.81. The molecule has 0 fully saturated rings. The molecule has 0 amide bonds. The Hall–Kier alpha value is -2.53. The van der Waals surface area contributed by atoms with E-state index in [1.165, 1.54) is 11.1 Å². The monoisotopic (exact) mass is 411 g/mol. The maximum absolute atomic E-state index is 6.05. The van der Waals surface area contributed by atoms with Crippen LogP contribution in [-0.4, -0.2) is 16.5 Å². The number of rotatable bonds is 7. The number of halogens is 2. The zero-order chi connectivity index (χ0) is 19.3. The standard InChI is InChI=1S/C22H19Cl2N3O/c23-19-7-3-15(11-20(19)24)9-10-25-13-16-1-4-17(5-2-16)28-18-6-8-21-22(12-18)27-14-26-21/h1-8,11-12,14,25H,9-10,13H2,(H,26,27). The Morgan fingerprint density at radius 1 is 0.857 bits per heavy atom. The van der Waals surface area contributed by atoms with Crippen LogP contribution in [-0.2, 0) is 13.0 Å². The average Bonchev–Trinajstić information content (AvgIpc) is 3.17. The van der Waals surface area contributed by atoms with Crippen LogP contribution in [0.1, 0.15) is 11.1 Å². The summed E-state index contributed by atoms with van der Waals surface area (Å²) in [5.74, 6) is 1.59. The molecule has 2 N–H and O–H groups in total. The van der Waals surface area contributed by atoms with Gasteiger partial charge in [0.05, 0.1) is 27.4 Å². The van der Waals surface area contributed by atoms with Gasteiger partial charge in [0.1, 0.15) is 11.5 Å². The fraction of sp³-hybridized carbons (Fsp3) is 0.136. The minimum absolute atomic E-state index is 0.588. The van der Waals surface area contributed by atoms with E-state index in [4.69, 9.17) is 27.9 Å². The van der Waals surface area contributed by atoms with Gasteiger partial charge in [-0.15, -0.1) is 0 Å². The summed E-state index contributed by atoms with van der Waals surface area (Å²) in [6.07, 6.45) is 2.58. The Morgan fingerprint density at radius 3 is 2.46 bits per heavy atom. The maximum Gasteiger partial charge on any atom is 0.129 e. The number of nitrogens with one attached hydrogen (secondary N) is 2. The van der Waals surface area contributed by atoms with Crippen molar-refractivity contribution in [3.05, 3.63) is 88.2 Å². The molecule has 3 aromatic carbocycles. The second-order valence-electron chi connectivity index (χ2n) is 6.50. The first-order valence-electron chi connectivity index (χ1n) is 9.02. The van der Waals surface area contributed by atoms with E-state index < -0.39 is 0 Å². The average molecular weight is 412 g/mol. The molecule has 4 rings (SSSR count). The summed E-state index contributed by atoms with van der Waals surface area (Å²) in [6.45, 7) is 1.65. The molecule has 0 saturated carbocycles. The van der Waals surface area contributed by atoms with Gasteiger partial charge in [0, 0.05) is 12.6 Å². The third kappa shape index (κ3) is 4.65. The molecule has 0 unspecified atom stereocenters. The van der Waals surface area contributed by atoms with Crippen LogP contribution in [0, 0.1) is 0 Å². The van der Waals surface area contributed by atoms with Crippen LogP contribution in [0.3, 0.4) is 0 Å². The van der Waals surface area contributed by atoms with Crippen LogP contribution in [0.2, 0.25) is 10.0 Å². The summed E-state index contributed by atoms with van der Waals surface area (Å²) in [5, 5.41) is 4.63. The number of aromatic amines is 1. The third-order valence-corrected chi connectivity index (χ3v) is 5.19. The fourth-order valence-corrected chi connectivity index (χ4v) is 3.27. The lowest BCUT2D eigenvalue weighted by Crippen LogP contribution is -2.16. The maximum atomic E-state index is 6.05. The highest BCUT2D eigenvalue weighted by molar-refractivity contribution is 6.42. The third-order valence-electron chi connectivity index (χ3n) is 4.45. The Morgan fingerprint density at radius 2 is 1.64 bits per heavy atom. The fourth-order valence-electron chi connectivity index (χ4n) is 2.95. The lowest BCUT2D eigenvalue weighted by Gasteiger charge is -2.08. The van der Waals surface area contributed by atoms with Gasteiger partial charge in [0.2, 0.25) is 0 Å². The summed E-state index contributed by atoms with van der Waals surface area (Å²) in [5.41, 5.74) is 4.25. The number of hydrogen-bond donors (Lipinski definition) is 2. The van der Waals surface area contributed by atoms with Gasteiger partial charge < -0.3 is 15.0 Å². The topological polar surface area (TPSA) is 49.9 Å². The number of aromatic nitrogens is 2. The SMILES string of the molecule is Clc1ccc(CCNCc2ccc(Oc3ccc4nc[nH]c4c3)cc2)cc1Cl. The van der Waals surface area contributed by atoms with Gasteiger partial charge in [0.25, 0.3) is 0 Å². The largest absolute Gasteiger partial charge is 0.457 e. The first kappa shape index (κ1) is 18.8. The number of ether oxygens (including phenoxy) is 1. The normalized spacial score (nSPS) is 11.1. The molecule has 142 valence electrons. The van der Waals surface area contributed by atoms with Gasteiger partial charge in [0.15, 0.2) is 0 Å². The quantitative estimate of drug-likeness (QED) is 0.367. The molecule has 1 heterocycles. The summed E-state index contributed by atoms with van der Waals surface area (Å²) < 4.78 is 5.92. The van der Waals surface area contributed by atoms with Crippen molar-refractivity contribution < 1.29 is 4.74 Å². The van der Waals surface area contributed by atoms with E-state index in [2.05, 4.69) is 27.4 Å². The molecular formula is C22H19Cl2N3O.